The molecule has 1 aromatic heterocycles. The van der Waals surface area contributed by atoms with Crippen LogP contribution in [0.5, 0.6) is 0 Å². The zero-order valence-corrected chi connectivity index (χ0v) is 20.1. The first-order valence-electron chi connectivity index (χ1n) is 12.5. The van der Waals surface area contributed by atoms with Crippen LogP contribution in [0.4, 0.5) is 0 Å². The highest BCUT2D eigenvalue weighted by Gasteiger charge is 2.47. The molecule has 1 aromatic carbocycles. The molecular weight excluding hydrogens is 410 g/mol. The molecule has 2 fully saturated rings. The Kier molecular flexibility index (Phi) is 7.46. The largest absolute Gasteiger partial charge is 0.355 e. The molecule has 5 heteroatoms. The summed E-state index contributed by atoms with van der Waals surface area (Å²) in [7, 11) is 0. The second-order valence-electron chi connectivity index (χ2n) is 10.3. The first-order chi connectivity index (χ1) is 16.0. The van der Waals surface area contributed by atoms with Gasteiger partial charge in [0.1, 0.15) is 0 Å². The maximum absolute atomic E-state index is 13.6. The van der Waals surface area contributed by atoms with Crippen LogP contribution in [-0.4, -0.2) is 41.3 Å². The van der Waals surface area contributed by atoms with Crippen molar-refractivity contribution in [2.45, 2.75) is 58.8 Å². The van der Waals surface area contributed by atoms with Crippen molar-refractivity contribution in [3.8, 4) is 11.1 Å². The molecule has 0 radical (unpaired) electrons. The lowest BCUT2D eigenvalue weighted by molar-refractivity contribution is -0.137. The summed E-state index contributed by atoms with van der Waals surface area (Å²) in [6.07, 6.45) is 10.4. The smallest absolute Gasteiger partial charge is 0.228 e. The molecule has 33 heavy (non-hydrogen) atoms. The van der Waals surface area contributed by atoms with Gasteiger partial charge in [0, 0.05) is 37.9 Å². The Bertz CT molecular complexity index is 953. The van der Waals surface area contributed by atoms with Crippen LogP contribution in [0.2, 0.25) is 0 Å². The van der Waals surface area contributed by atoms with Crippen LogP contribution < -0.4 is 5.32 Å². The molecule has 1 N–H and O–H groups in total. The van der Waals surface area contributed by atoms with E-state index in [0.717, 1.165) is 42.4 Å². The highest BCUT2D eigenvalue weighted by atomic mass is 16.2. The van der Waals surface area contributed by atoms with Crippen molar-refractivity contribution in [3.05, 3.63) is 54.4 Å². The van der Waals surface area contributed by atoms with E-state index < -0.39 is 5.41 Å². The number of hydrogen-bond acceptors (Lipinski definition) is 3. The molecule has 2 heterocycles. The van der Waals surface area contributed by atoms with E-state index in [-0.39, 0.29) is 17.7 Å². The third-order valence-electron chi connectivity index (χ3n) is 7.31. The minimum absolute atomic E-state index is 0.0830. The Balaban J connectivity index is 1.60. The monoisotopic (exact) mass is 447 g/mol. The van der Waals surface area contributed by atoms with Crippen molar-refractivity contribution in [2.75, 3.05) is 19.6 Å². The summed E-state index contributed by atoms with van der Waals surface area (Å²) < 4.78 is 0. The van der Waals surface area contributed by atoms with E-state index in [1.54, 1.807) is 12.4 Å². The fourth-order valence-electron chi connectivity index (χ4n) is 5.41. The Morgan fingerprint density at radius 2 is 1.82 bits per heavy atom. The first kappa shape index (κ1) is 23.5. The summed E-state index contributed by atoms with van der Waals surface area (Å²) in [4.78, 5) is 33.1. The van der Waals surface area contributed by atoms with Gasteiger partial charge in [-0.2, -0.15) is 0 Å². The third-order valence-corrected chi connectivity index (χ3v) is 7.31. The number of pyridine rings is 1. The van der Waals surface area contributed by atoms with E-state index in [9.17, 15) is 9.59 Å². The quantitative estimate of drug-likeness (QED) is 0.659. The zero-order chi connectivity index (χ0) is 23.3. The number of aromatic nitrogens is 1. The molecule has 2 amide bonds. The topological polar surface area (TPSA) is 62.3 Å². The van der Waals surface area contributed by atoms with Gasteiger partial charge in [0.25, 0.3) is 0 Å². The maximum atomic E-state index is 13.6. The van der Waals surface area contributed by atoms with Crippen molar-refractivity contribution >= 4 is 11.8 Å². The van der Waals surface area contributed by atoms with Crippen molar-refractivity contribution in [2.24, 2.45) is 17.3 Å². The zero-order valence-electron chi connectivity index (χ0n) is 20.1. The van der Waals surface area contributed by atoms with E-state index >= 15 is 0 Å². The molecule has 4 rings (SSSR count). The minimum atomic E-state index is -0.595. The van der Waals surface area contributed by atoms with E-state index in [1.165, 1.54) is 6.42 Å². The second-order valence-corrected chi connectivity index (χ2v) is 10.3. The summed E-state index contributed by atoms with van der Waals surface area (Å²) in [5.74, 6) is 0.865. The van der Waals surface area contributed by atoms with E-state index in [2.05, 4.69) is 36.3 Å². The summed E-state index contributed by atoms with van der Waals surface area (Å²) in [5, 5.41) is 3.20. The van der Waals surface area contributed by atoms with Crippen molar-refractivity contribution in [1.82, 2.24) is 15.2 Å². The normalized spacial score (nSPS) is 21.4. The van der Waals surface area contributed by atoms with Gasteiger partial charge in [0.05, 0.1) is 5.41 Å². The van der Waals surface area contributed by atoms with Gasteiger partial charge in [-0.1, -0.05) is 57.4 Å². The molecule has 1 aliphatic carbocycles. The molecule has 0 unspecified atom stereocenters. The number of nitrogens with one attached hydrogen (secondary N) is 1. The lowest BCUT2D eigenvalue weighted by Crippen LogP contribution is -2.47. The summed E-state index contributed by atoms with van der Waals surface area (Å²) in [6.45, 7) is 6.06. The van der Waals surface area contributed by atoms with Gasteiger partial charge in [-0.15, -0.1) is 0 Å². The van der Waals surface area contributed by atoms with Crippen LogP contribution in [0.1, 0.15) is 57.9 Å². The van der Waals surface area contributed by atoms with Crippen molar-refractivity contribution < 1.29 is 9.59 Å². The summed E-state index contributed by atoms with van der Waals surface area (Å²) in [6, 6.07) is 12.3. The number of hydrogen-bond donors (Lipinski definition) is 1. The number of amides is 2. The number of carbonyl (C=O) groups excluding carboxylic acids is 2. The van der Waals surface area contributed by atoms with Gasteiger partial charge in [-0.3, -0.25) is 14.6 Å². The van der Waals surface area contributed by atoms with E-state index in [0.29, 0.717) is 38.4 Å². The van der Waals surface area contributed by atoms with Gasteiger partial charge in [0.2, 0.25) is 11.8 Å². The molecule has 5 nitrogen and oxygen atoms in total. The van der Waals surface area contributed by atoms with Crippen LogP contribution in [-0.2, 0) is 16.0 Å². The van der Waals surface area contributed by atoms with Crippen LogP contribution in [0.3, 0.4) is 0 Å². The lowest BCUT2D eigenvalue weighted by Gasteiger charge is -2.31. The van der Waals surface area contributed by atoms with Gasteiger partial charge in [-0.05, 0) is 60.4 Å². The second kappa shape index (κ2) is 10.5. The van der Waals surface area contributed by atoms with Crippen molar-refractivity contribution in [3.63, 3.8) is 0 Å². The molecule has 176 valence electrons. The number of rotatable bonds is 7. The van der Waals surface area contributed by atoms with Crippen LogP contribution in [0.15, 0.2) is 48.8 Å². The Hall–Kier alpha value is -2.69. The van der Waals surface area contributed by atoms with Gasteiger partial charge >= 0.3 is 0 Å². The molecule has 0 spiro atoms. The minimum Gasteiger partial charge on any atom is -0.355 e. The fraction of sp³-hybridized carbons (Fsp3) is 0.536. The Morgan fingerprint density at radius 3 is 2.55 bits per heavy atom. The standard InChI is InChI=1S/C28H37N3O2/c1-21(2)19-30-27(33)28(14-17-31(20-28)26(32)23-8-4-3-5-9-23)18-24-10-6-7-11-25(24)22-12-15-29-16-13-22/h6-7,10-13,15-16,21,23H,3-5,8-9,14,17-20H2,1-2H3,(H,30,33)/t28-/m0/s1. The molecule has 1 saturated heterocycles. The number of likely N-dealkylation sites (tertiary alicyclic amines) is 1. The molecule has 1 saturated carbocycles. The third kappa shape index (κ3) is 5.45. The molecule has 1 atom stereocenters. The molecule has 2 aliphatic rings. The van der Waals surface area contributed by atoms with Crippen LogP contribution in [0, 0.1) is 17.3 Å². The lowest BCUT2D eigenvalue weighted by atomic mass is 9.78. The fourth-order valence-corrected chi connectivity index (χ4v) is 5.41. The number of nitrogens with zero attached hydrogens (tertiary/aromatic N) is 2. The van der Waals surface area contributed by atoms with E-state index in [1.807, 2.05) is 29.2 Å². The Morgan fingerprint density at radius 1 is 1.09 bits per heavy atom. The van der Waals surface area contributed by atoms with Gasteiger partial charge in [-0.25, -0.2) is 0 Å². The van der Waals surface area contributed by atoms with E-state index in [4.69, 9.17) is 0 Å². The molecule has 2 aromatic rings. The first-order valence-corrected chi connectivity index (χ1v) is 12.5. The maximum Gasteiger partial charge on any atom is 0.228 e. The number of carbonyl (C=O) groups is 2. The summed E-state index contributed by atoms with van der Waals surface area (Å²) in [5.41, 5.74) is 2.79. The average molecular weight is 448 g/mol. The highest BCUT2D eigenvalue weighted by Crippen LogP contribution is 2.39. The molecule has 1 aliphatic heterocycles. The van der Waals surface area contributed by atoms with Crippen LogP contribution in [0.25, 0.3) is 11.1 Å². The van der Waals surface area contributed by atoms with Gasteiger partial charge < -0.3 is 10.2 Å². The number of benzene rings is 1. The predicted octanol–water partition coefficient (Wildman–Crippen LogP) is 4.86. The van der Waals surface area contributed by atoms with Crippen LogP contribution >= 0.6 is 0 Å². The SMILES string of the molecule is CC(C)CNC(=O)[C@]1(Cc2ccccc2-c2ccncc2)CCN(C(=O)C2CCCCC2)C1. The van der Waals surface area contributed by atoms with Crippen molar-refractivity contribution in [1.29, 1.82) is 0 Å². The summed E-state index contributed by atoms with van der Waals surface area (Å²) >= 11 is 0. The molecular formula is C28H37N3O2. The van der Waals surface area contributed by atoms with Gasteiger partial charge in [0.15, 0.2) is 0 Å². The highest BCUT2D eigenvalue weighted by molar-refractivity contribution is 5.86. The Labute approximate surface area is 198 Å². The molecule has 0 bridgehead atoms. The average Bonchev–Trinajstić information content (AvgIpc) is 3.28. The predicted molar refractivity (Wildman–Crippen MR) is 131 cm³/mol.